The summed E-state index contributed by atoms with van der Waals surface area (Å²) in [5.74, 6) is 6.72. The van der Waals surface area contributed by atoms with E-state index in [0.29, 0.717) is 18.0 Å². The van der Waals surface area contributed by atoms with Gasteiger partial charge in [0, 0.05) is 36.5 Å². The minimum atomic E-state index is -0.198. The van der Waals surface area contributed by atoms with Gasteiger partial charge in [0.15, 0.2) is 11.5 Å². The lowest BCUT2D eigenvalue weighted by molar-refractivity contribution is -0.129. The van der Waals surface area contributed by atoms with E-state index >= 15 is 0 Å². The zero-order valence-electron chi connectivity index (χ0n) is 13.1. The molecule has 22 heavy (non-hydrogen) atoms. The number of amides is 1. The maximum absolute atomic E-state index is 11.4. The van der Waals surface area contributed by atoms with E-state index in [2.05, 4.69) is 11.6 Å². The molecule has 1 atom stereocenters. The van der Waals surface area contributed by atoms with Gasteiger partial charge in [-0.1, -0.05) is 6.08 Å². The van der Waals surface area contributed by atoms with Crippen molar-refractivity contribution in [2.24, 2.45) is 5.84 Å². The largest absolute Gasteiger partial charge is 0.493 e. The summed E-state index contributed by atoms with van der Waals surface area (Å²) in [6.45, 7) is 5.62. The summed E-state index contributed by atoms with van der Waals surface area (Å²) in [6.07, 6.45) is 3.65. The minimum Gasteiger partial charge on any atom is -0.493 e. The van der Waals surface area contributed by atoms with Crippen molar-refractivity contribution >= 4 is 16.8 Å². The third kappa shape index (κ3) is 2.78. The number of nitrogens with one attached hydrogen (secondary N) is 1. The number of methoxy groups -OCH3 is 2. The van der Waals surface area contributed by atoms with Crippen LogP contribution in [-0.4, -0.2) is 36.7 Å². The molecule has 0 radical (unpaired) electrons. The molecule has 0 saturated carbocycles. The summed E-state index contributed by atoms with van der Waals surface area (Å²) in [6, 6.07) is 3.76. The van der Waals surface area contributed by atoms with Crippen molar-refractivity contribution < 1.29 is 14.3 Å². The number of rotatable bonds is 6. The van der Waals surface area contributed by atoms with Gasteiger partial charge in [0.05, 0.1) is 14.2 Å². The molecule has 1 heterocycles. The number of hydrazine groups is 1. The molecule has 2 aromatic rings. The van der Waals surface area contributed by atoms with Gasteiger partial charge >= 0.3 is 0 Å². The van der Waals surface area contributed by atoms with Crippen LogP contribution in [0.25, 0.3) is 10.9 Å². The van der Waals surface area contributed by atoms with Crippen LogP contribution in [0, 0.1) is 0 Å². The zero-order valence-corrected chi connectivity index (χ0v) is 13.1. The normalized spacial score (nSPS) is 12.0. The Morgan fingerprint density at radius 3 is 2.73 bits per heavy atom. The third-order valence-corrected chi connectivity index (χ3v) is 3.70. The Kier molecular flexibility index (Phi) is 4.72. The van der Waals surface area contributed by atoms with E-state index in [9.17, 15) is 4.79 Å². The number of aromatic amines is 1. The van der Waals surface area contributed by atoms with Gasteiger partial charge in [0.1, 0.15) is 0 Å². The summed E-state index contributed by atoms with van der Waals surface area (Å²) in [7, 11) is 3.19. The lowest BCUT2D eigenvalue weighted by atomic mass is 9.97. The Hall–Kier alpha value is -2.47. The van der Waals surface area contributed by atoms with Crippen molar-refractivity contribution in [1.29, 1.82) is 0 Å². The first-order valence-electron chi connectivity index (χ1n) is 6.90. The van der Waals surface area contributed by atoms with Crippen molar-refractivity contribution in [1.82, 2.24) is 9.99 Å². The van der Waals surface area contributed by atoms with Crippen LogP contribution in [0.15, 0.2) is 31.0 Å². The summed E-state index contributed by atoms with van der Waals surface area (Å²) in [5, 5.41) is 2.08. The van der Waals surface area contributed by atoms with Crippen molar-refractivity contribution in [2.45, 2.75) is 12.8 Å². The topological polar surface area (TPSA) is 80.6 Å². The first-order valence-corrected chi connectivity index (χ1v) is 6.90. The van der Waals surface area contributed by atoms with Crippen LogP contribution in [0.3, 0.4) is 0 Å². The standard InChI is InChI=1S/C16H21N3O3/c1-5-11(9-19(17)10(2)20)12-8-18-13-6-7-14(21-3)16(22-4)15(12)13/h5-8,11,18H,1,9,17H2,2-4H3. The van der Waals surface area contributed by atoms with E-state index < -0.39 is 0 Å². The molecule has 0 aliphatic carbocycles. The van der Waals surface area contributed by atoms with Gasteiger partial charge in [-0.25, -0.2) is 5.84 Å². The SMILES string of the molecule is C=CC(CN(N)C(C)=O)c1c[nH]c2ccc(OC)c(OC)c12. The molecule has 0 aliphatic heterocycles. The van der Waals surface area contributed by atoms with Gasteiger partial charge < -0.3 is 14.5 Å². The molecule has 1 aromatic heterocycles. The highest BCUT2D eigenvalue weighted by Crippen LogP contribution is 2.40. The van der Waals surface area contributed by atoms with Gasteiger partial charge in [0.25, 0.3) is 0 Å². The number of carbonyl (C=O) groups is 1. The lowest BCUT2D eigenvalue weighted by Crippen LogP contribution is -2.38. The highest BCUT2D eigenvalue weighted by Gasteiger charge is 2.21. The summed E-state index contributed by atoms with van der Waals surface area (Å²) >= 11 is 0. The van der Waals surface area contributed by atoms with Crippen molar-refractivity contribution in [2.75, 3.05) is 20.8 Å². The zero-order chi connectivity index (χ0) is 16.3. The summed E-state index contributed by atoms with van der Waals surface area (Å²) < 4.78 is 10.9. The van der Waals surface area contributed by atoms with Crippen LogP contribution < -0.4 is 15.3 Å². The predicted molar refractivity (Wildman–Crippen MR) is 85.9 cm³/mol. The second kappa shape index (κ2) is 6.53. The average molecular weight is 303 g/mol. The monoisotopic (exact) mass is 303 g/mol. The number of hydrogen-bond donors (Lipinski definition) is 2. The lowest BCUT2D eigenvalue weighted by Gasteiger charge is -2.20. The molecule has 6 nitrogen and oxygen atoms in total. The van der Waals surface area contributed by atoms with Gasteiger partial charge in [-0.05, 0) is 17.7 Å². The molecule has 0 aliphatic rings. The maximum Gasteiger partial charge on any atom is 0.233 e. The molecule has 2 rings (SSSR count). The summed E-state index contributed by atoms with van der Waals surface area (Å²) in [5.41, 5.74) is 1.88. The number of benzene rings is 1. The van der Waals surface area contributed by atoms with Crippen LogP contribution in [0.4, 0.5) is 0 Å². The second-order valence-electron chi connectivity index (χ2n) is 4.98. The first-order chi connectivity index (χ1) is 10.5. The number of nitrogens with zero attached hydrogens (tertiary/aromatic N) is 1. The molecule has 6 heteroatoms. The number of carbonyl (C=O) groups excluding carboxylic acids is 1. The average Bonchev–Trinajstić information content (AvgIpc) is 2.94. The molecule has 1 unspecified atom stereocenters. The molecular formula is C16H21N3O3. The Labute approximate surface area is 129 Å². The first kappa shape index (κ1) is 15.9. The second-order valence-corrected chi connectivity index (χ2v) is 4.98. The van der Waals surface area contributed by atoms with Crippen molar-refractivity contribution in [3.05, 3.63) is 36.5 Å². The molecule has 1 aromatic carbocycles. The number of fused-ring (bicyclic) bond motifs is 1. The fourth-order valence-corrected chi connectivity index (χ4v) is 2.49. The fourth-order valence-electron chi connectivity index (χ4n) is 2.49. The van der Waals surface area contributed by atoms with Gasteiger partial charge in [-0.15, -0.1) is 6.58 Å². The number of H-pyrrole nitrogens is 1. The maximum atomic E-state index is 11.4. The Bertz CT molecular complexity index is 693. The van der Waals surface area contributed by atoms with Crippen molar-refractivity contribution in [3.63, 3.8) is 0 Å². The molecule has 0 spiro atoms. The fraction of sp³-hybridized carbons (Fsp3) is 0.312. The number of nitrogens with two attached hydrogens (primary N) is 1. The summed E-state index contributed by atoms with van der Waals surface area (Å²) in [4.78, 5) is 14.6. The van der Waals surface area contributed by atoms with E-state index in [1.807, 2.05) is 18.3 Å². The number of hydrogen-bond acceptors (Lipinski definition) is 4. The molecular weight excluding hydrogens is 282 g/mol. The molecule has 0 saturated heterocycles. The van der Waals surface area contributed by atoms with Crippen LogP contribution in [0.2, 0.25) is 0 Å². The van der Waals surface area contributed by atoms with E-state index in [-0.39, 0.29) is 11.8 Å². The molecule has 0 bridgehead atoms. The van der Waals surface area contributed by atoms with Gasteiger partial charge in [-0.3, -0.25) is 9.80 Å². The van der Waals surface area contributed by atoms with E-state index in [1.165, 1.54) is 11.9 Å². The van der Waals surface area contributed by atoms with Gasteiger partial charge in [0.2, 0.25) is 5.91 Å². The Morgan fingerprint density at radius 2 is 2.18 bits per heavy atom. The van der Waals surface area contributed by atoms with E-state index in [0.717, 1.165) is 16.5 Å². The molecule has 1 amide bonds. The molecule has 3 N–H and O–H groups in total. The minimum absolute atomic E-state index is 0.122. The number of ether oxygens (including phenoxy) is 2. The highest BCUT2D eigenvalue weighted by molar-refractivity contribution is 5.92. The van der Waals surface area contributed by atoms with Crippen LogP contribution in [0.5, 0.6) is 11.5 Å². The molecule has 0 fully saturated rings. The predicted octanol–water partition coefficient (Wildman–Crippen LogP) is 2.18. The Balaban J connectivity index is 2.54. The van der Waals surface area contributed by atoms with E-state index in [1.54, 1.807) is 20.3 Å². The van der Waals surface area contributed by atoms with Gasteiger partial charge in [-0.2, -0.15) is 0 Å². The highest BCUT2D eigenvalue weighted by atomic mass is 16.5. The Morgan fingerprint density at radius 1 is 1.45 bits per heavy atom. The third-order valence-electron chi connectivity index (χ3n) is 3.70. The quantitative estimate of drug-likeness (QED) is 0.371. The van der Waals surface area contributed by atoms with Crippen molar-refractivity contribution in [3.8, 4) is 11.5 Å². The van der Waals surface area contributed by atoms with E-state index in [4.69, 9.17) is 15.3 Å². The molecule has 118 valence electrons. The van der Waals surface area contributed by atoms with Crippen LogP contribution >= 0.6 is 0 Å². The van der Waals surface area contributed by atoms with Crippen LogP contribution in [0.1, 0.15) is 18.4 Å². The number of aromatic nitrogens is 1. The van der Waals surface area contributed by atoms with Crippen LogP contribution in [-0.2, 0) is 4.79 Å². The smallest absolute Gasteiger partial charge is 0.233 e.